The number of fused-ring (bicyclic) bond motifs is 1. The van der Waals surface area contributed by atoms with E-state index in [-0.39, 0.29) is 18.2 Å². The third-order valence-corrected chi connectivity index (χ3v) is 5.09. The fourth-order valence-electron chi connectivity index (χ4n) is 3.51. The zero-order valence-corrected chi connectivity index (χ0v) is 16.4. The molecule has 8 heteroatoms. The van der Waals surface area contributed by atoms with E-state index < -0.39 is 12.1 Å². The minimum atomic E-state index is -0.820. The van der Waals surface area contributed by atoms with Gasteiger partial charge in [0.15, 0.2) is 0 Å². The first kappa shape index (κ1) is 19.6. The molecule has 1 unspecified atom stereocenters. The van der Waals surface area contributed by atoms with Crippen molar-refractivity contribution in [2.75, 3.05) is 13.1 Å². The standard InChI is InChI=1S/C22H23N5O3/c28-20(23-12-10-19-24-16-8-4-5-9-17(16)25-19)14-18-21(29)27(22(30)26-18)13-11-15-6-2-1-3-7-15/h1-9,18H,10-14H2,(H,23,28)(H,24,25)(H,26,30). The summed E-state index contributed by atoms with van der Waals surface area (Å²) in [7, 11) is 0. The summed E-state index contributed by atoms with van der Waals surface area (Å²) in [6.45, 7) is 0.685. The normalized spacial score (nSPS) is 16.1. The largest absolute Gasteiger partial charge is 0.356 e. The van der Waals surface area contributed by atoms with Crippen LogP contribution in [0.1, 0.15) is 17.8 Å². The molecular formula is C22H23N5O3. The molecule has 0 bridgehead atoms. The molecule has 3 N–H and O–H groups in total. The van der Waals surface area contributed by atoms with Gasteiger partial charge in [0, 0.05) is 19.5 Å². The van der Waals surface area contributed by atoms with Gasteiger partial charge < -0.3 is 15.6 Å². The van der Waals surface area contributed by atoms with Gasteiger partial charge in [-0.3, -0.25) is 14.5 Å². The van der Waals surface area contributed by atoms with Gasteiger partial charge in [-0.2, -0.15) is 0 Å². The first-order chi connectivity index (χ1) is 14.6. The third-order valence-electron chi connectivity index (χ3n) is 5.09. The molecule has 1 aliphatic rings. The van der Waals surface area contributed by atoms with E-state index in [9.17, 15) is 14.4 Å². The van der Waals surface area contributed by atoms with Crippen molar-refractivity contribution < 1.29 is 14.4 Å². The Hall–Kier alpha value is -3.68. The molecular weight excluding hydrogens is 382 g/mol. The Balaban J connectivity index is 1.23. The number of aromatic nitrogens is 2. The van der Waals surface area contributed by atoms with Gasteiger partial charge >= 0.3 is 6.03 Å². The minimum Gasteiger partial charge on any atom is -0.356 e. The van der Waals surface area contributed by atoms with Crippen LogP contribution >= 0.6 is 0 Å². The Kier molecular flexibility index (Phi) is 5.74. The summed E-state index contributed by atoms with van der Waals surface area (Å²) in [4.78, 5) is 45.7. The van der Waals surface area contributed by atoms with Crippen molar-refractivity contribution in [2.45, 2.75) is 25.3 Å². The van der Waals surface area contributed by atoms with Crippen molar-refractivity contribution in [1.82, 2.24) is 25.5 Å². The zero-order valence-electron chi connectivity index (χ0n) is 16.4. The molecule has 0 spiro atoms. The molecule has 1 atom stereocenters. The summed E-state index contributed by atoms with van der Waals surface area (Å²) in [6.07, 6.45) is 1.05. The number of imidazole rings is 1. The Bertz CT molecular complexity index is 1030. The van der Waals surface area contributed by atoms with Gasteiger partial charge in [-0.25, -0.2) is 9.78 Å². The lowest BCUT2D eigenvalue weighted by atomic mass is 10.1. The molecule has 154 valence electrons. The lowest BCUT2D eigenvalue weighted by Crippen LogP contribution is -2.37. The molecule has 2 aromatic carbocycles. The first-order valence-corrected chi connectivity index (χ1v) is 9.96. The van der Waals surface area contributed by atoms with Crippen LogP contribution < -0.4 is 10.6 Å². The van der Waals surface area contributed by atoms with Crippen LogP contribution in [0.5, 0.6) is 0 Å². The van der Waals surface area contributed by atoms with E-state index in [2.05, 4.69) is 20.6 Å². The number of aromatic amines is 1. The molecule has 8 nitrogen and oxygen atoms in total. The second-order valence-electron chi connectivity index (χ2n) is 7.23. The number of hydrogen-bond acceptors (Lipinski definition) is 4. The highest BCUT2D eigenvalue weighted by atomic mass is 16.2. The molecule has 2 heterocycles. The van der Waals surface area contributed by atoms with Crippen molar-refractivity contribution in [2.24, 2.45) is 0 Å². The Morgan fingerprint density at radius 2 is 1.80 bits per heavy atom. The van der Waals surface area contributed by atoms with Crippen LogP contribution in [-0.4, -0.2) is 51.8 Å². The number of nitrogens with zero attached hydrogens (tertiary/aromatic N) is 2. The smallest absolute Gasteiger partial charge is 0.324 e. The molecule has 4 amide bonds. The number of benzene rings is 2. The summed E-state index contributed by atoms with van der Waals surface area (Å²) in [5, 5.41) is 5.39. The molecule has 4 rings (SSSR count). The van der Waals surface area contributed by atoms with E-state index in [0.29, 0.717) is 25.9 Å². The number of rotatable bonds is 8. The van der Waals surface area contributed by atoms with Gasteiger partial charge in [0.05, 0.1) is 17.5 Å². The quantitative estimate of drug-likeness (QED) is 0.497. The number of imide groups is 1. The van der Waals surface area contributed by atoms with Gasteiger partial charge in [0.25, 0.3) is 5.91 Å². The molecule has 0 aliphatic carbocycles. The van der Waals surface area contributed by atoms with E-state index >= 15 is 0 Å². The molecule has 30 heavy (non-hydrogen) atoms. The highest BCUT2D eigenvalue weighted by Gasteiger charge is 2.38. The fourth-order valence-corrected chi connectivity index (χ4v) is 3.51. The molecule has 0 saturated carbocycles. The number of amides is 4. The zero-order chi connectivity index (χ0) is 20.9. The molecule has 1 saturated heterocycles. The number of H-pyrrole nitrogens is 1. The number of urea groups is 1. The summed E-state index contributed by atoms with van der Waals surface area (Å²) < 4.78 is 0. The van der Waals surface area contributed by atoms with Crippen molar-refractivity contribution in [3.8, 4) is 0 Å². The molecule has 3 aromatic rings. The number of nitrogens with one attached hydrogen (secondary N) is 3. The third kappa shape index (κ3) is 4.48. The van der Waals surface area contributed by atoms with Crippen molar-refractivity contribution in [1.29, 1.82) is 0 Å². The summed E-state index contributed by atoms with van der Waals surface area (Å²) in [6, 6.07) is 16.1. The fraction of sp³-hybridized carbons (Fsp3) is 0.273. The Labute approximate surface area is 173 Å². The maximum atomic E-state index is 12.5. The summed E-state index contributed by atoms with van der Waals surface area (Å²) in [5.41, 5.74) is 2.88. The topological polar surface area (TPSA) is 107 Å². The Morgan fingerprint density at radius 3 is 2.60 bits per heavy atom. The monoisotopic (exact) mass is 405 g/mol. The average Bonchev–Trinajstić information content (AvgIpc) is 3.27. The predicted octanol–water partition coefficient (Wildman–Crippen LogP) is 1.77. The second-order valence-corrected chi connectivity index (χ2v) is 7.23. The molecule has 1 aromatic heterocycles. The lowest BCUT2D eigenvalue weighted by molar-refractivity contribution is -0.130. The van der Waals surface area contributed by atoms with E-state index in [0.717, 1.165) is 22.4 Å². The SMILES string of the molecule is O=C(CC1NC(=O)N(CCc2ccccc2)C1=O)NCCc1nc2ccccc2[nH]1. The number of para-hydroxylation sites is 2. The average molecular weight is 405 g/mol. The van der Waals surface area contributed by atoms with Gasteiger partial charge in [0.1, 0.15) is 11.9 Å². The highest BCUT2D eigenvalue weighted by molar-refractivity contribution is 6.05. The van der Waals surface area contributed by atoms with Crippen molar-refractivity contribution in [3.05, 3.63) is 66.0 Å². The summed E-state index contributed by atoms with van der Waals surface area (Å²) in [5.74, 6) is 0.145. The van der Waals surface area contributed by atoms with Crippen molar-refractivity contribution in [3.63, 3.8) is 0 Å². The highest BCUT2D eigenvalue weighted by Crippen LogP contribution is 2.12. The van der Waals surface area contributed by atoms with Crippen LogP contribution in [0.15, 0.2) is 54.6 Å². The van der Waals surface area contributed by atoms with Crippen LogP contribution in [0, 0.1) is 0 Å². The van der Waals surface area contributed by atoms with Crippen LogP contribution in [0.4, 0.5) is 4.79 Å². The Morgan fingerprint density at radius 1 is 1.03 bits per heavy atom. The van der Waals surface area contributed by atoms with Crippen LogP contribution in [0.3, 0.4) is 0 Å². The summed E-state index contributed by atoms with van der Waals surface area (Å²) >= 11 is 0. The van der Waals surface area contributed by atoms with Crippen LogP contribution in [-0.2, 0) is 22.4 Å². The molecule has 1 aliphatic heterocycles. The van der Waals surface area contributed by atoms with E-state index in [1.165, 1.54) is 4.90 Å². The van der Waals surface area contributed by atoms with Gasteiger partial charge in [-0.1, -0.05) is 42.5 Å². The lowest BCUT2D eigenvalue weighted by Gasteiger charge is -2.13. The van der Waals surface area contributed by atoms with E-state index in [1.54, 1.807) is 0 Å². The minimum absolute atomic E-state index is 0.0768. The molecule has 1 fully saturated rings. The molecule has 0 radical (unpaired) electrons. The predicted molar refractivity (Wildman–Crippen MR) is 112 cm³/mol. The van der Waals surface area contributed by atoms with Gasteiger partial charge in [0.2, 0.25) is 5.91 Å². The number of hydrogen-bond donors (Lipinski definition) is 3. The van der Waals surface area contributed by atoms with Gasteiger partial charge in [-0.05, 0) is 24.1 Å². The van der Waals surface area contributed by atoms with Crippen LogP contribution in [0.2, 0.25) is 0 Å². The number of carbonyl (C=O) groups is 3. The van der Waals surface area contributed by atoms with E-state index in [4.69, 9.17) is 0 Å². The maximum absolute atomic E-state index is 12.5. The van der Waals surface area contributed by atoms with Crippen molar-refractivity contribution >= 4 is 28.9 Å². The number of carbonyl (C=O) groups excluding carboxylic acids is 3. The first-order valence-electron chi connectivity index (χ1n) is 9.96. The van der Waals surface area contributed by atoms with E-state index in [1.807, 2.05) is 54.6 Å². The van der Waals surface area contributed by atoms with Gasteiger partial charge in [-0.15, -0.1) is 0 Å². The second kappa shape index (κ2) is 8.77. The maximum Gasteiger partial charge on any atom is 0.324 e. The van der Waals surface area contributed by atoms with Crippen LogP contribution in [0.25, 0.3) is 11.0 Å².